The molecule has 3 nitrogen and oxygen atoms in total. The molecule has 2 rings (SSSR count). The molecule has 0 saturated carbocycles. The smallest absolute Gasteiger partial charge is 0.265 e. The highest BCUT2D eigenvalue weighted by atomic mass is 79.9. The summed E-state index contributed by atoms with van der Waals surface area (Å²) in [5.74, 6) is -0.416. The van der Waals surface area contributed by atoms with Crippen molar-refractivity contribution in [3.8, 4) is 5.75 Å². The van der Waals surface area contributed by atoms with E-state index in [0.29, 0.717) is 10.6 Å². The van der Waals surface area contributed by atoms with Crippen LogP contribution in [0.15, 0.2) is 32.5 Å². The largest absolute Gasteiger partial charge is 0.494 e. The van der Waals surface area contributed by atoms with E-state index in [-0.39, 0.29) is 11.7 Å². The van der Waals surface area contributed by atoms with E-state index >= 15 is 0 Å². The first-order valence-electron chi connectivity index (χ1n) is 5.11. The average molecular weight is 409 g/mol. The number of anilines is 1. The van der Waals surface area contributed by atoms with Crippen LogP contribution in [0.5, 0.6) is 5.75 Å². The van der Waals surface area contributed by atoms with Gasteiger partial charge in [-0.2, -0.15) is 0 Å². The van der Waals surface area contributed by atoms with Gasteiger partial charge < -0.3 is 10.1 Å². The number of halogens is 3. The predicted octanol–water partition coefficient (Wildman–Crippen LogP) is 4.67. The van der Waals surface area contributed by atoms with Gasteiger partial charge in [-0.15, -0.1) is 11.3 Å². The molecular formula is C12H8Br2FNO2S. The van der Waals surface area contributed by atoms with Crippen molar-refractivity contribution in [3.63, 3.8) is 0 Å². The van der Waals surface area contributed by atoms with Crippen molar-refractivity contribution >= 4 is 54.8 Å². The molecule has 7 heteroatoms. The number of rotatable bonds is 3. The standard InChI is InChI=1S/C12H8Br2FNO2S/c1-18-9-4-6(15)2-3-8(9)16-12(17)10-5-7(13)11(14)19-10/h2-5H,1H3,(H,16,17). The van der Waals surface area contributed by atoms with E-state index in [2.05, 4.69) is 37.2 Å². The van der Waals surface area contributed by atoms with Crippen molar-refractivity contribution in [2.45, 2.75) is 0 Å². The highest BCUT2D eigenvalue weighted by Crippen LogP contribution is 2.33. The Balaban J connectivity index is 2.23. The van der Waals surface area contributed by atoms with Crippen molar-refractivity contribution in [1.29, 1.82) is 0 Å². The molecule has 0 saturated heterocycles. The van der Waals surface area contributed by atoms with Gasteiger partial charge in [0.15, 0.2) is 0 Å². The molecule has 19 heavy (non-hydrogen) atoms. The SMILES string of the molecule is COc1cc(F)ccc1NC(=O)c1cc(Br)c(Br)s1. The van der Waals surface area contributed by atoms with Gasteiger partial charge in [-0.3, -0.25) is 4.79 Å². The highest BCUT2D eigenvalue weighted by Gasteiger charge is 2.14. The number of ether oxygens (including phenoxy) is 1. The summed E-state index contributed by atoms with van der Waals surface area (Å²) >= 11 is 7.94. The fourth-order valence-corrected chi connectivity index (χ4v) is 3.34. The molecular weight excluding hydrogens is 401 g/mol. The summed E-state index contributed by atoms with van der Waals surface area (Å²) < 4.78 is 19.7. The lowest BCUT2D eigenvalue weighted by molar-refractivity contribution is 0.103. The summed E-state index contributed by atoms with van der Waals surface area (Å²) in [6, 6.07) is 5.65. The normalized spacial score (nSPS) is 10.3. The number of hydrogen-bond donors (Lipinski definition) is 1. The van der Waals surface area contributed by atoms with Crippen molar-refractivity contribution in [2.24, 2.45) is 0 Å². The van der Waals surface area contributed by atoms with Crippen molar-refractivity contribution in [3.05, 3.63) is 43.2 Å². The highest BCUT2D eigenvalue weighted by molar-refractivity contribution is 9.13. The molecule has 1 aromatic heterocycles. The Kier molecular flexibility index (Phi) is 4.59. The number of carbonyl (C=O) groups is 1. The van der Waals surface area contributed by atoms with Crippen molar-refractivity contribution in [1.82, 2.24) is 0 Å². The van der Waals surface area contributed by atoms with Crippen LogP contribution in [0.4, 0.5) is 10.1 Å². The van der Waals surface area contributed by atoms with Crippen LogP contribution in [0.3, 0.4) is 0 Å². The quantitative estimate of drug-likeness (QED) is 0.801. The molecule has 0 spiro atoms. The molecule has 0 atom stereocenters. The van der Waals surface area contributed by atoms with Gasteiger partial charge in [-0.05, 0) is 50.1 Å². The Labute approximate surface area is 130 Å². The molecule has 1 amide bonds. The Hall–Kier alpha value is -0.920. The topological polar surface area (TPSA) is 38.3 Å². The maximum absolute atomic E-state index is 13.0. The summed E-state index contributed by atoms with van der Waals surface area (Å²) in [5.41, 5.74) is 0.426. The van der Waals surface area contributed by atoms with E-state index in [1.54, 1.807) is 6.07 Å². The van der Waals surface area contributed by atoms with Gasteiger partial charge in [0.25, 0.3) is 5.91 Å². The third-order valence-electron chi connectivity index (χ3n) is 2.28. The third kappa shape index (κ3) is 3.34. The summed E-state index contributed by atoms with van der Waals surface area (Å²) in [6.07, 6.45) is 0. The van der Waals surface area contributed by atoms with Gasteiger partial charge in [0.1, 0.15) is 11.6 Å². The third-order valence-corrected chi connectivity index (χ3v) is 5.54. The molecule has 0 aliphatic heterocycles. The van der Waals surface area contributed by atoms with E-state index in [9.17, 15) is 9.18 Å². The van der Waals surface area contributed by atoms with Crippen molar-refractivity contribution < 1.29 is 13.9 Å². The summed E-state index contributed by atoms with van der Waals surface area (Å²) in [6.45, 7) is 0. The Bertz CT molecular complexity index is 611. The van der Waals surface area contributed by atoms with E-state index in [1.165, 1.54) is 36.6 Å². The number of amides is 1. The number of thiophene rings is 1. The van der Waals surface area contributed by atoms with Crippen LogP contribution >= 0.6 is 43.2 Å². The number of nitrogens with one attached hydrogen (secondary N) is 1. The van der Waals surface area contributed by atoms with E-state index < -0.39 is 5.82 Å². The molecule has 0 fully saturated rings. The van der Waals surface area contributed by atoms with Gasteiger partial charge in [0.05, 0.1) is 21.5 Å². The van der Waals surface area contributed by atoms with E-state index in [1.807, 2.05) is 0 Å². The molecule has 0 bridgehead atoms. The zero-order valence-electron chi connectivity index (χ0n) is 9.67. The molecule has 0 radical (unpaired) electrons. The van der Waals surface area contributed by atoms with Crippen LogP contribution < -0.4 is 10.1 Å². The predicted molar refractivity (Wildman–Crippen MR) is 80.6 cm³/mol. The monoisotopic (exact) mass is 407 g/mol. The van der Waals surface area contributed by atoms with Crippen molar-refractivity contribution in [2.75, 3.05) is 12.4 Å². The molecule has 1 heterocycles. The lowest BCUT2D eigenvalue weighted by Gasteiger charge is -2.09. The number of methoxy groups -OCH3 is 1. The zero-order valence-corrected chi connectivity index (χ0v) is 13.7. The summed E-state index contributed by atoms with van der Waals surface area (Å²) in [7, 11) is 1.42. The first-order chi connectivity index (χ1) is 9.01. The Morgan fingerprint density at radius 3 is 2.68 bits per heavy atom. The van der Waals surface area contributed by atoms with Gasteiger partial charge in [0.2, 0.25) is 0 Å². The molecule has 1 N–H and O–H groups in total. The second kappa shape index (κ2) is 6.02. The van der Waals surface area contributed by atoms with Crippen LogP contribution in [-0.4, -0.2) is 13.0 Å². The van der Waals surface area contributed by atoms with Crippen LogP contribution in [0.1, 0.15) is 9.67 Å². The zero-order chi connectivity index (χ0) is 14.0. The number of hydrogen-bond acceptors (Lipinski definition) is 3. The molecule has 0 aliphatic rings. The number of carbonyl (C=O) groups excluding carboxylic acids is 1. The van der Waals surface area contributed by atoms with Crippen LogP contribution in [0.2, 0.25) is 0 Å². The maximum Gasteiger partial charge on any atom is 0.265 e. The molecule has 100 valence electrons. The number of benzene rings is 1. The maximum atomic E-state index is 13.0. The van der Waals surface area contributed by atoms with E-state index in [4.69, 9.17) is 4.74 Å². The average Bonchev–Trinajstić information content (AvgIpc) is 2.72. The van der Waals surface area contributed by atoms with E-state index in [0.717, 1.165) is 8.26 Å². The summed E-state index contributed by atoms with van der Waals surface area (Å²) in [5, 5.41) is 2.68. The van der Waals surface area contributed by atoms with Crippen LogP contribution in [0.25, 0.3) is 0 Å². The second-order valence-electron chi connectivity index (χ2n) is 3.53. The molecule has 0 aliphatic carbocycles. The minimum atomic E-state index is -0.420. The first-order valence-corrected chi connectivity index (χ1v) is 7.51. The lowest BCUT2D eigenvalue weighted by atomic mass is 10.2. The van der Waals surface area contributed by atoms with Gasteiger partial charge >= 0.3 is 0 Å². The fourth-order valence-electron chi connectivity index (χ4n) is 1.41. The Morgan fingerprint density at radius 1 is 1.37 bits per heavy atom. The van der Waals surface area contributed by atoms with Crippen LogP contribution in [0, 0.1) is 5.82 Å². The first kappa shape index (κ1) is 14.5. The minimum Gasteiger partial charge on any atom is -0.494 e. The van der Waals surface area contributed by atoms with Gasteiger partial charge in [-0.1, -0.05) is 0 Å². The molecule has 2 aromatic rings. The van der Waals surface area contributed by atoms with Gasteiger partial charge in [0, 0.05) is 10.5 Å². The van der Waals surface area contributed by atoms with Crippen LogP contribution in [-0.2, 0) is 0 Å². The minimum absolute atomic E-state index is 0.277. The second-order valence-corrected chi connectivity index (χ2v) is 6.76. The summed E-state index contributed by atoms with van der Waals surface area (Å²) in [4.78, 5) is 12.6. The Morgan fingerprint density at radius 2 is 2.11 bits per heavy atom. The lowest BCUT2D eigenvalue weighted by Crippen LogP contribution is -2.11. The van der Waals surface area contributed by atoms with Gasteiger partial charge in [-0.25, -0.2) is 4.39 Å². The fraction of sp³-hybridized carbons (Fsp3) is 0.0833. The molecule has 1 aromatic carbocycles. The molecule has 0 unspecified atom stereocenters.